The van der Waals surface area contributed by atoms with Gasteiger partial charge in [-0.1, -0.05) is 18.2 Å². The molecular formula is C11H12FNO2. The number of hydrogen-bond acceptors (Lipinski definition) is 3. The molecule has 1 N–H and O–H groups in total. The van der Waals surface area contributed by atoms with Gasteiger partial charge < -0.3 is 4.74 Å². The molecule has 1 aromatic carbocycles. The molecular weight excluding hydrogens is 197 g/mol. The van der Waals surface area contributed by atoms with Crippen molar-refractivity contribution in [3.63, 3.8) is 0 Å². The van der Waals surface area contributed by atoms with E-state index < -0.39 is 0 Å². The summed E-state index contributed by atoms with van der Waals surface area (Å²) in [6, 6.07) is 6.21. The second-order valence-electron chi connectivity index (χ2n) is 3.55. The highest BCUT2D eigenvalue weighted by Crippen LogP contribution is 2.29. The van der Waals surface area contributed by atoms with Crippen LogP contribution in [-0.2, 0) is 9.53 Å². The summed E-state index contributed by atoms with van der Waals surface area (Å²) in [5, 5.41) is 2.97. The number of nitrogens with one attached hydrogen (secondary N) is 1. The Balaban J connectivity index is 2.00. The SMILES string of the molecule is COC(=O)C1CC(c2ccccc2F)N1. The first kappa shape index (κ1) is 10.1. The Bertz CT molecular complexity index is 375. The number of methoxy groups -OCH3 is 1. The van der Waals surface area contributed by atoms with Crippen LogP contribution in [0.1, 0.15) is 18.0 Å². The average molecular weight is 209 g/mol. The largest absolute Gasteiger partial charge is 0.468 e. The van der Waals surface area contributed by atoms with E-state index in [4.69, 9.17) is 0 Å². The standard InChI is InChI=1S/C11H12FNO2/c1-15-11(14)10-6-9(13-10)7-4-2-3-5-8(7)12/h2-5,9-10,13H,6H2,1H3. The van der Waals surface area contributed by atoms with E-state index >= 15 is 0 Å². The van der Waals surface area contributed by atoms with E-state index in [1.54, 1.807) is 18.2 Å². The van der Waals surface area contributed by atoms with Crippen LogP contribution in [0.2, 0.25) is 0 Å². The smallest absolute Gasteiger partial charge is 0.322 e. The van der Waals surface area contributed by atoms with Crippen molar-refractivity contribution >= 4 is 5.97 Å². The molecule has 1 aliphatic heterocycles. The highest BCUT2D eigenvalue weighted by molar-refractivity contribution is 5.77. The molecule has 0 spiro atoms. The summed E-state index contributed by atoms with van der Waals surface area (Å²) in [6.45, 7) is 0. The van der Waals surface area contributed by atoms with Gasteiger partial charge in [-0.15, -0.1) is 0 Å². The molecule has 1 aromatic rings. The molecule has 1 aliphatic rings. The lowest BCUT2D eigenvalue weighted by Crippen LogP contribution is -2.51. The molecule has 15 heavy (non-hydrogen) atoms. The summed E-state index contributed by atoms with van der Waals surface area (Å²) in [6.07, 6.45) is 0.591. The molecule has 0 saturated carbocycles. The maximum absolute atomic E-state index is 13.3. The van der Waals surface area contributed by atoms with Gasteiger partial charge in [-0.3, -0.25) is 10.1 Å². The van der Waals surface area contributed by atoms with E-state index in [9.17, 15) is 9.18 Å². The molecule has 0 bridgehead atoms. The predicted molar refractivity (Wildman–Crippen MR) is 52.7 cm³/mol. The van der Waals surface area contributed by atoms with Crippen LogP contribution in [0.15, 0.2) is 24.3 Å². The van der Waals surface area contributed by atoms with E-state index in [-0.39, 0.29) is 23.9 Å². The fraction of sp³-hybridized carbons (Fsp3) is 0.364. The van der Waals surface area contributed by atoms with Gasteiger partial charge in [0.05, 0.1) is 7.11 Å². The zero-order chi connectivity index (χ0) is 10.8. The quantitative estimate of drug-likeness (QED) is 0.748. The molecule has 1 heterocycles. The van der Waals surface area contributed by atoms with Crippen LogP contribution >= 0.6 is 0 Å². The molecule has 0 amide bonds. The van der Waals surface area contributed by atoms with Crippen molar-refractivity contribution in [3.8, 4) is 0 Å². The minimum absolute atomic E-state index is 0.0738. The molecule has 3 nitrogen and oxygen atoms in total. The van der Waals surface area contributed by atoms with E-state index in [0.717, 1.165) is 0 Å². The van der Waals surface area contributed by atoms with Crippen molar-refractivity contribution in [2.45, 2.75) is 18.5 Å². The van der Waals surface area contributed by atoms with Crippen LogP contribution in [-0.4, -0.2) is 19.1 Å². The maximum Gasteiger partial charge on any atom is 0.322 e. The van der Waals surface area contributed by atoms with Crippen molar-refractivity contribution in [1.82, 2.24) is 5.32 Å². The van der Waals surface area contributed by atoms with Gasteiger partial charge in [0.1, 0.15) is 11.9 Å². The van der Waals surface area contributed by atoms with Crippen molar-refractivity contribution in [1.29, 1.82) is 0 Å². The van der Waals surface area contributed by atoms with Crippen LogP contribution < -0.4 is 5.32 Å². The van der Waals surface area contributed by atoms with Gasteiger partial charge in [0.25, 0.3) is 0 Å². The van der Waals surface area contributed by atoms with E-state index in [1.807, 2.05) is 0 Å². The molecule has 2 atom stereocenters. The normalized spacial score (nSPS) is 24.4. The molecule has 80 valence electrons. The summed E-state index contributed by atoms with van der Waals surface area (Å²) in [7, 11) is 1.35. The molecule has 1 saturated heterocycles. The van der Waals surface area contributed by atoms with Crippen molar-refractivity contribution in [2.24, 2.45) is 0 Å². The van der Waals surface area contributed by atoms with Gasteiger partial charge in [-0.25, -0.2) is 4.39 Å². The molecule has 0 aromatic heterocycles. The Kier molecular flexibility index (Phi) is 2.68. The number of carbonyl (C=O) groups excluding carboxylic acids is 1. The highest BCUT2D eigenvalue weighted by atomic mass is 19.1. The van der Waals surface area contributed by atoms with Crippen LogP contribution in [0.25, 0.3) is 0 Å². The predicted octanol–water partition coefficient (Wildman–Crippen LogP) is 1.40. The fourth-order valence-electron chi connectivity index (χ4n) is 1.74. The van der Waals surface area contributed by atoms with Crippen LogP contribution in [0.5, 0.6) is 0 Å². The van der Waals surface area contributed by atoms with Crippen LogP contribution in [0.4, 0.5) is 4.39 Å². The fourth-order valence-corrected chi connectivity index (χ4v) is 1.74. The summed E-state index contributed by atoms with van der Waals surface area (Å²) < 4.78 is 17.9. The van der Waals surface area contributed by atoms with Crippen LogP contribution in [0.3, 0.4) is 0 Å². The molecule has 4 heteroatoms. The van der Waals surface area contributed by atoms with Gasteiger partial charge in [-0.05, 0) is 12.5 Å². The minimum atomic E-state index is -0.292. The summed E-state index contributed by atoms with van der Waals surface area (Å²) >= 11 is 0. The van der Waals surface area contributed by atoms with Crippen molar-refractivity contribution in [2.75, 3.05) is 7.11 Å². The maximum atomic E-state index is 13.3. The molecule has 2 rings (SSSR count). The highest BCUT2D eigenvalue weighted by Gasteiger charge is 2.36. The number of halogens is 1. The Hall–Kier alpha value is -1.42. The Morgan fingerprint density at radius 2 is 2.20 bits per heavy atom. The van der Waals surface area contributed by atoms with Gasteiger partial charge in [-0.2, -0.15) is 0 Å². The lowest BCUT2D eigenvalue weighted by atomic mass is 9.90. The second-order valence-corrected chi connectivity index (χ2v) is 3.55. The first-order chi connectivity index (χ1) is 7.22. The first-order valence-corrected chi connectivity index (χ1v) is 4.80. The Morgan fingerprint density at radius 3 is 2.80 bits per heavy atom. The van der Waals surface area contributed by atoms with Gasteiger partial charge >= 0.3 is 5.97 Å². The van der Waals surface area contributed by atoms with Crippen LogP contribution in [0, 0.1) is 5.82 Å². The summed E-state index contributed by atoms with van der Waals surface area (Å²) in [5.74, 6) is -0.527. The molecule has 0 radical (unpaired) electrons. The summed E-state index contributed by atoms with van der Waals surface area (Å²) in [5.41, 5.74) is 0.609. The zero-order valence-electron chi connectivity index (χ0n) is 8.37. The second kappa shape index (κ2) is 3.98. The third-order valence-electron chi connectivity index (χ3n) is 2.64. The van der Waals surface area contributed by atoms with Crippen molar-refractivity contribution in [3.05, 3.63) is 35.6 Å². The zero-order valence-corrected chi connectivity index (χ0v) is 8.37. The number of carbonyl (C=O) groups is 1. The third kappa shape index (κ3) is 1.85. The lowest BCUT2D eigenvalue weighted by Gasteiger charge is -2.35. The topological polar surface area (TPSA) is 38.3 Å². The number of hydrogen-bond donors (Lipinski definition) is 1. The molecule has 2 unspecified atom stereocenters. The first-order valence-electron chi connectivity index (χ1n) is 4.80. The lowest BCUT2D eigenvalue weighted by molar-refractivity contribution is -0.146. The number of rotatable bonds is 2. The van der Waals surface area contributed by atoms with E-state index in [1.165, 1.54) is 13.2 Å². The van der Waals surface area contributed by atoms with Crippen molar-refractivity contribution < 1.29 is 13.9 Å². The Labute approximate surface area is 87.2 Å². The monoisotopic (exact) mass is 209 g/mol. The summed E-state index contributed by atoms with van der Waals surface area (Å²) in [4.78, 5) is 11.1. The number of benzene rings is 1. The van der Waals surface area contributed by atoms with Gasteiger partial charge in [0.2, 0.25) is 0 Å². The van der Waals surface area contributed by atoms with E-state index in [0.29, 0.717) is 12.0 Å². The minimum Gasteiger partial charge on any atom is -0.468 e. The molecule has 0 aliphatic carbocycles. The Morgan fingerprint density at radius 1 is 1.53 bits per heavy atom. The van der Waals surface area contributed by atoms with E-state index in [2.05, 4.69) is 10.1 Å². The van der Waals surface area contributed by atoms with Gasteiger partial charge in [0.15, 0.2) is 0 Å². The molecule has 1 fully saturated rings. The number of ether oxygens (including phenoxy) is 1. The number of esters is 1. The average Bonchev–Trinajstić information content (AvgIpc) is 2.18. The third-order valence-corrected chi connectivity index (χ3v) is 2.64. The van der Waals surface area contributed by atoms with Gasteiger partial charge in [0, 0.05) is 11.6 Å².